The van der Waals surface area contributed by atoms with Gasteiger partial charge in [-0.05, 0) is 6.92 Å². The number of carbonyl (C=O) groups excluding carboxylic acids is 1. The van der Waals surface area contributed by atoms with Gasteiger partial charge in [0.1, 0.15) is 0 Å². The maximum Gasteiger partial charge on any atom is 0.237 e. The predicted molar refractivity (Wildman–Crippen MR) is 69.6 cm³/mol. The van der Waals surface area contributed by atoms with E-state index in [1.807, 2.05) is 6.92 Å². The van der Waals surface area contributed by atoms with Crippen molar-refractivity contribution in [2.24, 2.45) is 0 Å². The molecule has 2 N–H and O–H groups in total. The van der Waals surface area contributed by atoms with Crippen molar-refractivity contribution in [2.45, 2.75) is 13.0 Å². The summed E-state index contributed by atoms with van der Waals surface area (Å²) in [6.07, 6.45) is 0. The highest BCUT2D eigenvalue weighted by Crippen LogP contribution is 2.03. The Morgan fingerprint density at radius 2 is 2.06 bits per heavy atom. The number of hydrogen-bond acceptors (Lipinski definition) is 5. The van der Waals surface area contributed by atoms with Crippen LogP contribution in [0.4, 0.5) is 0 Å². The monoisotopic (exact) mass is 259 g/mol. The van der Waals surface area contributed by atoms with Crippen LogP contribution < -0.4 is 10.6 Å². The fourth-order valence-corrected chi connectivity index (χ4v) is 1.85. The van der Waals surface area contributed by atoms with Gasteiger partial charge in [-0.2, -0.15) is 0 Å². The van der Waals surface area contributed by atoms with Gasteiger partial charge in [0.2, 0.25) is 5.91 Å². The molecule has 0 spiro atoms. The quantitative estimate of drug-likeness (QED) is 0.551. The number of nitrogens with zero attached hydrogens (tertiary/aromatic N) is 1. The standard InChI is InChI=1S/C12H25N3O3/c1-11(15-6-9-18-10-7-15)12(16)14-4-3-13-5-8-17-2/h11,13H,3-10H2,1-2H3,(H,14,16). The lowest BCUT2D eigenvalue weighted by Crippen LogP contribution is -2.50. The van der Waals surface area contributed by atoms with Crippen molar-refractivity contribution in [1.29, 1.82) is 0 Å². The fourth-order valence-electron chi connectivity index (χ4n) is 1.85. The Morgan fingerprint density at radius 3 is 2.72 bits per heavy atom. The van der Waals surface area contributed by atoms with Crippen molar-refractivity contribution in [2.75, 3.05) is 59.7 Å². The van der Waals surface area contributed by atoms with E-state index in [4.69, 9.17) is 9.47 Å². The van der Waals surface area contributed by atoms with E-state index in [1.54, 1.807) is 7.11 Å². The minimum Gasteiger partial charge on any atom is -0.383 e. The first-order valence-corrected chi connectivity index (χ1v) is 6.55. The number of ether oxygens (including phenoxy) is 2. The van der Waals surface area contributed by atoms with Crippen molar-refractivity contribution in [3.63, 3.8) is 0 Å². The fraction of sp³-hybridized carbons (Fsp3) is 0.917. The van der Waals surface area contributed by atoms with Crippen LogP contribution in [-0.4, -0.2) is 76.5 Å². The van der Waals surface area contributed by atoms with E-state index in [9.17, 15) is 4.79 Å². The normalized spacial score (nSPS) is 18.6. The average molecular weight is 259 g/mol. The zero-order valence-corrected chi connectivity index (χ0v) is 11.4. The molecule has 1 unspecified atom stereocenters. The summed E-state index contributed by atoms with van der Waals surface area (Å²) < 4.78 is 10.2. The molecule has 18 heavy (non-hydrogen) atoms. The van der Waals surface area contributed by atoms with Crippen molar-refractivity contribution in [3.8, 4) is 0 Å². The first-order valence-electron chi connectivity index (χ1n) is 6.55. The molecule has 106 valence electrons. The highest BCUT2D eigenvalue weighted by atomic mass is 16.5. The van der Waals surface area contributed by atoms with Gasteiger partial charge in [-0.3, -0.25) is 9.69 Å². The van der Waals surface area contributed by atoms with Crippen LogP contribution in [0.3, 0.4) is 0 Å². The third kappa shape index (κ3) is 5.77. The van der Waals surface area contributed by atoms with E-state index in [0.29, 0.717) is 13.2 Å². The van der Waals surface area contributed by atoms with E-state index in [0.717, 1.165) is 39.4 Å². The molecule has 1 rings (SSSR count). The molecular formula is C12H25N3O3. The van der Waals surface area contributed by atoms with Crippen molar-refractivity contribution >= 4 is 5.91 Å². The second-order valence-corrected chi connectivity index (χ2v) is 4.36. The number of nitrogens with one attached hydrogen (secondary N) is 2. The van der Waals surface area contributed by atoms with Crippen LogP contribution in [0.5, 0.6) is 0 Å². The summed E-state index contributed by atoms with van der Waals surface area (Å²) >= 11 is 0. The van der Waals surface area contributed by atoms with Crippen LogP contribution in [0.25, 0.3) is 0 Å². The van der Waals surface area contributed by atoms with Gasteiger partial charge in [0, 0.05) is 39.8 Å². The van der Waals surface area contributed by atoms with Gasteiger partial charge in [0.15, 0.2) is 0 Å². The van der Waals surface area contributed by atoms with Crippen LogP contribution in [0.2, 0.25) is 0 Å². The SMILES string of the molecule is COCCNCCNC(=O)C(C)N1CCOCC1. The van der Waals surface area contributed by atoms with Crippen LogP contribution in [0, 0.1) is 0 Å². The Bertz CT molecular complexity index is 233. The molecule has 0 bridgehead atoms. The Kier molecular flexibility index (Phi) is 7.91. The summed E-state index contributed by atoms with van der Waals surface area (Å²) in [6.45, 7) is 7.97. The average Bonchev–Trinajstić information content (AvgIpc) is 2.42. The molecule has 1 aliphatic heterocycles. The minimum absolute atomic E-state index is 0.0760. The maximum absolute atomic E-state index is 11.9. The maximum atomic E-state index is 11.9. The molecule has 0 aliphatic carbocycles. The Hall–Kier alpha value is -0.690. The van der Waals surface area contributed by atoms with Gasteiger partial charge in [-0.25, -0.2) is 0 Å². The van der Waals surface area contributed by atoms with E-state index >= 15 is 0 Å². The van der Waals surface area contributed by atoms with Gasteiger partial charge in [0.25, 0.3) is 0 Å². The van der Waals surface area contributed by atoms with Gasteiger partial charge >= 0.3 is 0 Å². The zero-order chi connectivity index (χ0) is 13.2. The summed E-state index contributed by atoms with van der Waals surface area (Å²) in [6, 6.07) is -0.0760. The highest BCUT2D eigenvalue weighted by Gasteiger charge is 2.22. The van der Waals surface area contributed by atoms with Gasteiger partial charge in [-0.15, -0.1) is 0 Å². The molecule has 1 aliphatic rings. The topological polar surface area (TPSA) is 62.8 Å². The number of carbonyl (C=O) groups is 1. The van der Waals surface area contributed by atoms with E-state index in [2.05, 4.69) is 15.5 Å². The predicted octanol–water partition coefficient (Wildman–Crippen LogP) is -0.941. The van der Waals surface area contributed by atoms with E-state index < -0.39 is 0 Å². The second-order valence-electron chi connectivity index (χ2n) is 4.36. The van der Waals surface area contributed by atoms with Crippen molar-refractivity contribution < 1.29 is 14.3 Å². The third-order valence-electron chi connectivity index (χ3n) is 3.06. The molecule has 1 atom stereocenters. The number of morpholine rings is 1. The van der Waals surface area contributed by atoms with Crippen LogP contribution in [0.1, 0.15) is 6.92 Å². The molecule has 1 amide bonds. The Morgan fingerprint density at radius 1 is 1.33 bits per heavy atom. The summed E-state index contributed by atoms with van der Waals surface area (Å²) in [5.41, 5.74) is 0. The molecule has 0 aromatic carbocycles. The molecule has 6 nitrogen and oxygen atoms in total. The largest absolute Gasteiger partial charge is 0.383 e. The lowest BCUT2D eigenvalue weighted by atomic mass is 10.2. The Labute approximate surface area is 109 Å². The van der Waals surface area contributed by atoms with Gasteiger partial charge < -0.3 is 20.1 Å². The first kappa shape index (κ1) is 15.4. The van der Waals surface area contributed by atoms with Crippen molar-refractivity contribution in [1.82, 2.24) is 15.5 Å². The number of hydrogen-bond donors (Lipinski definition) is 2. The number of methoxy groups -OCH3 is 1. The molecule has 1 heterocycles. The van der Waals surface area contributed by atoms with Crippen LogP contribution >= 0.6 is 0 Å². The van der Waals surface area contributed by atoms with E-state index in [1.165, 1.54) is 0 Å². The molecule has 0 saturated carbocycles. The molecule has 0 aromatic heterocycles. The van der Waals surface area contributed by atoms with Gasteiger partial charge in [-0.1, -0.05) is 0 Å². The highest BCUT2D eigenvalue weighted by molar-refractivity contribution is 5.81. The molecule has 1 saturated heterocycles. The van der Waals surface area contributed by atoms with E-state index in [-0.39, 0.29) is 11.9 Å². The summed E-state index contributed by atoms with van der Waals surface area (Å²) in [5.74, 6) is 0.0884. The first-order chi connectivity index (χ1) is 8.75. The summed E-state index contributed by atoms with van der Waals surface area (Å²) in [7, 11) is 1.67. The van der Waals surface area contributed by atoms with Crippen LogP contribution in [0.15, 0.2) is 0 Å². The molecule has 0 aromatic rings. The second kappa shape index (κ2) is 9.27. The molecule has 6 heteroatoms. The molecule has 0 radical (unpaired) electrons. The Balaban J connectivity index is 2.07. The number of rotatable bonds is 8. The lowest BCUT2D eigenvalue weighted by molar-refractivity contribution is -0.127. The number of amides is 1. The summed E-state index contributed by atoms with van der Waals surface area (Å²) in [4.78, 5) is 14.0. The smallest absolute Gasteiger partial charge is 0.237 e. The third-order valence-corrected chi connectivity index (χ3v) is 3.06. The summed E-state index contributed by atoms with van der Waals surface area (Å²) in [5, 5.41) is 6.12. The van der Waals surface area contributed by atoms with Crippen molar-refractivity contribution in [3.05, 3.63) is 0 Å². The molecular weight excluding hydrogens is 234 g/mol. The zero-order valence-electron chi connectivity index (χ0n) is 11.4. The molecule has 1 fully saturated rings. The lowest BCUT2D eigenvalue weighted by Gasteiger charge is -2.31. The van der Waals surface area contributed by atoms with Gasteiger partial charge in [0.05, 0.1) is 25.9 Å². The minimum atomic E-state index is -0.0760. The van der Waals surface area contributed by atoms with Crippen LogP contribution in [-0.2, 0) is 14.3 Å².